The monoisotopic (exact) mass is 418 g/mol. The molecule has 0 aliphatic carbocycles. The van der Waals surface area contributed by atoms with E-state index < -0.39 is 28.9 Å². The summed E-state index contributed by atoms with van der Waals surface area (Å²) in [6.07, 6.45) is -9.06. The topological polar surface area (TPSA) is 9.23 Å². The molecule has 0 fully saturated rings. The van der Waals surface area contributed by atoms with Crippen LogP contribution in [0.5, 0.6) is 5.75 Å². The smallest absolute Gasteiger partial charge is 0.405 e. The molecule has 2 rings (SSSR count). The first-order chi connectivity index (χ1) is 13.0. The van der Waals surface area contributed by atoms with Crippen LogP contribution in [-0.4, -0.2) is 6.36 Å². The van der Waals surface area contributed by atoms with Gasteiger partial charge in [-0.05, 0) is 46.1 Å². The van der Waals surface area contributed by atoms with Gasteiger partial charge in [-0.25, -0.2) is 0 Å². The molecule has 7 heteroatoms. The van der Waals surface area contributed by atoms with Crippen molar-refractivity contribution in [2.75, 3.05) is 0 Å². The highest BCUT2D eigenvalue weighted by Gasteiger charge is 2.35. The van der Waals surface area contributed by atoms with Crippen LogP contribution in [0.25, 0.3) is 0 Å². The molecule has 0 spiro atoms. The molecule has 0 aliphatic heterocycles. The minimum atomic E-state index is -4.84. The quantitative estimate of drug-likeness (QED) is 0.470. The van der Waals surface area contributed by atoms with Gasteiger partial charge in [-0.2, -0.15) is 13.2 Å². The largest absolute Gasteiger partial charge is 0.573 e. The van der Waals surface area contributed by atoms with Crippen LogP contribution in [0.3, 0.4) is 0 Å². The van der Waals surface area contributed by atoms with Gasteiger partial charge in [0.15, 0.2) is 0 Å². The summed E-state index contributed by atoms with van der Waals surface area (Å²) in [5.41, 5.74) is -0.678. The summed E-state index contributed by atoms with van der Waals surface area (Å²) < 4.78 is 81.9. The van der Waals surface area contributed by atoms with Crippen molar-refractivity contribution in [1.82, 2.24) is 0 Å². The van der Waals surface area contributed by atoms with Gasteiger partial charge in [0.2, 0.25) is 0 Å². The fourth-order valence-corrected chi connectivity index (χ4v) is 3.23. The first-order valence-corrected chi connectivity index (χ1v) is 9.06. The third-order valence-corrected chi connectivity index (χ3v) is 4.70. The highest BCUT2D eigenvalue weighted by molar-refractivity contribution is 5.43. The van der Waals surface area contributed by atoms with Crippen molar-refractivity contribution >= 4 is 0 Å². The van der Waals surface area contributed by atoms with Crippen LogP contribution >= 0.6 is 0 Å². The fraction of sp³-hybridized carbons (Fsp3) is 0.455. The molecule has 1 nitrogen and oxygen atoms in total. The number of ether oxygens (including phenoxy) is 1. The van der Waals surface area contributed by atoms with E-state index in [9.17, 15) is 26.3 Å². The maximum atomic E-state index is 13.0. The standard InChI is InChI=1S/C22H24F6O/c1-19(2,3)17-10-9-14(11-18(17)29-22(26,27)28)13-20(4,5)15-7-6-8-16(12-15)21(23,24)25/h6-12H,13H2,1-5H3. The van der Waals surface area contributed by atoms with Crippen molar-refractivity contribution in [3.63, 3.8) is 0 Å². The predicted octanol–water partition coefficient (Wildman–Crippen LogP) is 7.42. The Kier molecular flexibility index (Phi) is 6.04. The van der Waals surface area contributed by atoms with E-state index in [1.165, 1.54) is 12.1 Å². The first kappa shape index (κ1) is 23.1. The van der Waals surface area contributed by atoms with Crippen molar-refractivity contribution < 1.29 is 31.1 Å². The molecule has 0 amide bonds. The molecule has 0 N–H and O–H groups in total. The second-order valence-corrected chi connectivity index (χ2v) is 8.77. The minimum absolute atomic E-state index is 0.243. The van der Waals surface area contributed by atoms with Gasteiger partial charge in [-0.15, -0.1) is 13.2 Å². The van der Waals surface area contributed by atoms with Gasteiger partial charge < -0.3 is 4.74 Å². The summed E-state index contributed by atoms with van der Waals surface area (Å²) in [5.74, 6) is -0.289. The summed E-state index contributed by atoms with van der Waals surface area (Å²) in [6.45, 7) is 8.84. The van der Waals surface area contributed by atoms with Crippen LogP contribution in [0, 0.1) is 0 Å². The van der Waals surface area contributed by atoms with Gasteiger partial charge in [0, 0.05) is 0 Å². The third-order valence-electron chi connectivity index (χ3n) is 4.70. The summed E-state index contributed by atoms with van der Waals surface area (Å²) in [5, 5.41) is 0. The van der Waals surface area contributed by atoms with Crippen LogP contribution in [0.4, 0.5) is 26.3 Å². The highest BCUT2D eigenvalue weighted by Crippen LogP contribution is 2.38. The first-order valence-electron chi connectivity index (χ1n) is 9.06. The highest BCUT2D eigenvalue weighted by atomic mass is 19.4. The molecule has 0 saturated heterocycles. The molecule has 2 aromatic rings. The summed E-state index contributed by atoms with van der Waals surface area (Å²) >= 11 is 0. The van der Waals surface area contributed by atoms with Gasteiger partial charge in [0.1, 0.15) is 5.75 Å². The van der Waals surface area contributed by atoms with E-state index in [1.54, 1.807) is 52.8 Å². The zero-order valence-corrected chi connectivity index (χ0v) is 16.9. The third kappa shape index (κ3) is 6.15. The molecule has 0 heterocycles. The Bertz CT molecular complexity index is 857. The lowest BCUT2D eigenvalue weighted by Gasteiger charge is -2.28. The van der Waals surface area contributed by atoms with E-state index in [-0.39, 0.29) is 12.2 Å². The van der Waals surface area contributed by atoms with E-state index in [1.807, 2.05) is 0 Å². The van der Waals surface area contributed by atoms with Crippen molar-refractivity contribution in [3.05, 3.63) is 64.7 Å². The number of benzene rings is 2. The molecule has 2 aromatic carbocycles. The number of rotatable bonds is 4. The SMILES string of the molecule is CC(C)(C)c1ccc(CC(C)(C)c2cccc(C(F)(F)F)c2)cc1OC(F)(F)F. The molecule has 0 saturated carbocycles. The van der Waals surface area contributed by atoms with Crippen molar-refractivity contribution in [2.45, 2.75) is 64.4 Å². The minimum Gasteiger partial charge on any atom is -0.405 e. The zero-order chi connectivity index (χ0) is 22.3. The molecule has 0 aliphatic rings. The summed E-state index contributed by atoms with van der Waals surface area (Å²) in [7, 11) is 0. The van der Waals surface area contributed by atoms with Crippen LogP contribution in [0.1, 0.15) is 56.9 Å². The Labute approximate surface area is 166 Å². The van der Waals surface area contributed by atoms with E-state index in [0.29, 0.717) is 16.7 Å². The maximum Gasteiger partial charge on any atom is 0.573 e. The van der Waals surface area contributed by atoms with Gasteiger partial charge >= 0.3 is 12.5 Å². The number of hydrogen-bond donors (Lipinski definition) is 0. The summed E-state index contributed by atoms with van der Waals surface area (Å²) in [6, 6.07) is 9.59. The van der Waals surface area contributed by atoms with Crippen LogP contribution in [-0.2, 0) is 23.4 Å². The normalized spacial score (nSPS) is 13.5. The number of hydrogen-bond acceptors (Lipinski definition) is 1. The molecule has 0 unspecified atom stereocenters. The van der Waals surface area contributed by atoms with Gasteiger partial charge in [-0.1, -0.05) is 65.0 Å². The average molecular weight is 418 g/mol. The average Bonchev–Trinajstić information content (AvgIpc) is 2.51. The Morgan fingerprint density at radius 1 is 0.759 bits per heavy atom. The molecular weight excluding hydrogens is 394 g/mol. The molecule has 0 bridgehead atoms. The van der Waals surface area contributed by atoms with E-state index >= 15 is 0 Å². The maximum absolute atomic E-state index is 13.0. The fourth-order valence-electron chi connectivity index (χ4n) is 3.23. The molecule has 29 heavy (non-hydrogen) atoms. The molecular formula is C22H24F6O. The van der Waals surface area contributed by atoms with E-state index in [4.69, 9.17) is 0 Å². The lowest BCUT2D eigenvalue weighted by molar-refractivity contribution is -0.275. The van der Waals surface area contributed by atoms with Crippen LogP contribution < -0.4 is 4.74 Å². The van der Waals surface area contributed by atoms with Gasteiger partial charge in [0.25, 0.3) is 0 Å². The second kappa shape index (κ2) is 7.58. The molecule has 160 valence electrons. The lowest BCUT2D eigenvalue weighted by atomic mass is 9.78. The van der Waals surface area contributed by atoms with Crippen molar-refractivity contribution in [3.8, 4) is 5.75 Å². The van der Waals surface area contributed by atoms with E-state index in [0.717, 1.165) is 12.1 Å². The van der Waals surface area contributed by atoms with Gasteiger partial charge in [0.05, 0.1) is 5.56 Å². The lowest BCUT2D eigenvalue weighted by Crippen LogP contribution is -2.23. The van der Waals surface area contributed by atoms with Gasteiger partial charge in [-0.3, -0.25) is 0 Å². The Balaban J connectivity index is 2.41. The molecule has 0 radical (unpaired) electrons. The van der Waals surface area contributed by atoms with Crippen molar-refractivity contribution in [2.24, 2.45) is 0 Å². The molecule has 0 aromatic heterocycles. The Hall–Kier alpha value is -2.18. The van der Waals surface area contributed by atoms with Crippen LogP contribution in [0.15, 0.2) is 42.5 Å². The number of alkyl halides is 6. The Morgan fingerprint density at radius 3 is 1.86 bits per heavy atom. The predicted molar refractivity (Wildman–Crippen MR) is 100.0 cm³/mol. The van der Waals surface area contributed by atoms with Crippen LogP contribution in [0.2, 0.25) is 0 Å². The summed E-state index contributed by atoms with van der Waals surface area (Å²) in [4.78, 5) is 0. The number of halogens is 6. The Morgan fingerprint density at radius 2 is 1.34 bits per heavy atom. The van der Waals surface area contributed by atoms with E-state index in [2.05, 4.69) is 4.74 Å². The second-order valence-electron chi connectivity index (χ2n) is 8.77. The zero-order valence-electron chi connectivity index (χ0n) is 16.9. The van der Waals surface area contributed by atoms with Crippen molar-refractivity contribution in [1.29, 1.82) is 0 Å². The molecule has 0 atom stereocenters.